The van der Waals surface area contributed by atoms with Crippen LogP contribution in [0.1, 0.15) is 57.8 Å². The van der Waals surface area contributed by atoms with Gasteiger partial charge in [0.05, 0.1) is 0 Å². The molecule has 0 aromatic rings. The van der Waals surface area contributed by atoms with Crippen molar-refractivity contribution in [3.63, 3.8) is 0 Å². The first-order valence-electron chi connectivity index (χ1n) is 8.21. The molecule has 2 amide bonds. The smallest absolute Gasteiger partial charge is 0.222 e. The van der Waals surface area contributed by atoms with Crippen molar-refractivity contribution in [1.82, 2.24) is 10.2 Å². The van der Waals surface area contributed by atoms with Crippen LogP contribution in [-0.2, 0) is 9.59 Å². The van der Waals surface area contributed by atoms with E-state index >= 15 is 0 Å². The minimum atomic E-state index is 0.0532. The van der Waals surface area contributed by atoms with Gasteiger partial charge in [0.15, 0.2) is 0 Å². The molecule has 1 atom stereocenters. The van der Waals surface area contributed by atoms with Gasteiger partial charge in [-0.2, -0.15) is 0 Å². The molecule has 3 fully saturated rings. The van der Waals surface area contributed by atoms with Gasteiger partial charge in [-0.05, 0) is 18.8 Å². The third-order valence-electron chi connectivity index (χ3n) is 5.48. The summed E-state index contributed by atoms with van der Waals surface area (Å²) in [7, 11) is 0. The van der Waals surface area contributed by atoms with E-state index in [4.69, 9.17) is 0 Å². The van der Waals surface area contributed by atoms with E-state index in [1.807, 2.05) is 4.90 Å². The van der Waals surface area contributed by atoms with Crippen LogP contribution in [0.25, 0.3) is 0 Å². The normalized spacial score (nSPS) is 31.0. The van der Waals surface area contributed by atoms with Crippen molar-refractivity contribution in [2.24, 2.45) is 11.3 Å². The fourth-order valence-electron chi connectivity index (χ4n) is 4.15. The van der Waals surface area contributed by atoms with Crippen molar-refractivity contribution in [3.05, 3.63) is 0 Å². The first-order valence-corrected chi connectivity index (χ1v) is 8.21. The second-order valence-electron chi connectivity index (χ2n) is 7.06. The molecule has 1 unspecified atom stereocenters. The van der Waals surface area contributed by atoms with Gasteiger partial charge in [0, 0.05) is 37.9 Å². The van der Waals surface area contributed by atoms with Gasteiger partial charge in [-0.25, -0.2) is 0 Å². The highest BCUT2D eigenvalue weighted by molar-refractivity contribution is 5.80. The molecule has 1 N–H and O–H groups in total. The number of carbonyl (C=O) groups is 2. The molecule has 0 aromatic carbocycles. The Bertz CT molecular complexity index is 390. The predicted molar refractivity (Wildman–Crippen MR) is 77.1 cm³/mol. The summed E-state index contributed by atoms with van der Waals surface area (Å²) in [4.78, 5) is 25.7. The van der Waals surface area contributed by atoms with Crippen LogP contribution in [0.4, 0.5) is 0 Å². The zero-order chi connectivity index (χ0) is 14.0. The summed E-state index contributed by atoms with van der Waals surface area (Å²) in [5.74, 6) is 1.24. The molecule has 4 heteroatoms. The zero-order valence-electron chi connectivity index (χ0n) is 12.3. The average molecular weight is 278 g/mol. The third kappa shape index (κ3) is 2.99. The Morgan fingerprint density at radius 1 is 1.30 bits per heavy atom. The van der Waals surface area contributed by atoms with Gasteiger partial charge in [-0.15, -0.1) is 0 Å². The van der Waals surface area contributed by atoms with Crippen LogP contribution in [0, 0.1) is 11.3 Å². The second kappa shape index (κ2) is 5.74. The molecule has 3 rings (SSSR count). The van der Waals surface area contributed by atoms with E-state index in [1.165, 1.54) is 32.1 Å². The highest BCUT2D eigenvalue weighted by Gasteiger charge is 2.44. The second-order valence-corrected chi connectivity index (χ2v) is 7.06. The molecule has 0 radical (unpaired) electrons. The lowest BCUT2D eigenvalue weighted by Gasteiger charge is -2.24. The molecule has 2 saturated heterocycles. The van der Waals surface area contributed by atoms with E-state index in [-0.39, 0.29) is 11.3 Å². The molecule has 1 aliphatic carbocycles. The zero-order valence-corrected chi connectivity index (χ0v) is 12.3. The number of hydrogen-bond acceptors (Lipinski definition) is 2. The van der Waals surface area contributed by atoms with E-state index in [0.29, 0.717) is 18.7 Å². The molecule has 112 valence electrons. The SMILES string of the molecule is O=C1CC2(CCN(C(=O)CCC3CCCCC3)C2)CN1. The quantitative estimate of drug-likeness (QED) is 0.859. The molecule has 3 aliphatic rings. The molecule has 1 spiro atoms. The van der Waals surface area contributed by atoms with Crippen molar-refractivity contribution >= 4 is 11.8 Å². The molecule has 0 bridgehead atoms. The van der Waals surface area contributed by atoms with Crippen LogP contribution < -0.4 is 5.32 Å². The Labute approximate surface area is 121 Å². The monoisotopic (exact) mass is 278 g/mol. The van der Waals surface area contributed by atoms with E-state index < -0.39 is 0 Å². The minimum Gasteiger partial charge on any atom is -0.355 e. The third-order valence-corrected chi connectivity index (χ3v) is 5.48. The number of nitrogens with one attached hydrogen (secondary N) is 1. The minimum absolute atomic E-state index is 0.0532. The summed E-state index contributed by atoms with van der Waals surface area (Å²) in [5.41, 5.74) is 0.0532. The summed E-state index contributed by atoms with van der Waals surface area (Å²) in [6.45, 7) is 2.39. The average Bonchev–Trinajstić information content (AvgIpc) is 3.04. The maximum Gasteiger partial charge on any atom is 0.222 e. The first-order chi connectivity index (χ1) is 9.67. The molecule has 0 aromatic heterocycles. The fraction of sp³-hybridized carbons (Fsp3) is 0.875. The van der Waals surface area contributed by atoms with Crippen molar-refractivity contribution in [2.45, 2.75) is 57.8 Å². The molecule has 1 saturated carbocycles. The number of likely N-dealkylation sites (tertiary alicyclic amines) is 1. The van der Waals surface area contributed by atoms with Crippen LogP contribution >= 0.6 is 0 Å². The van der Waals surface area contributed by atoms with Crippen LogP contribution in [0.15, 0.2) is 0 Å². The summed E-state index contributed by atoms with van der Waals surface area (Å²) < 4.78 is 0. The van der Waals surface area contributed by atoms with Crippen LogP contribution in [-0.4, -0.2) is 36.3 Å². The molecule has 20 heavy (non-hydrogen) atoms. The maximum absolute atomic E-state index is 12.3. The number of amides is 2. The van der Waals surface area contributed by atoms with Crippen molar-refractivity contribution in [2.75, 3.05) is 19.6 Å². The van der Waals surface area contributed by atoms with Crippen molar-refractivity contribution in [1.29, 1.82) is 0 Å². The molecule has 2 aliphatic heterocycles. The Hall–Kier alpha value is -1.06. The van der Waals surface area contributed by atoms with Crippen LogP contribution in [0.5, 0.6) is 0 Å². The van der Waals surface area contributed by atoms with E-state index in [1.54, 1.807) is 0 Å². The van der Waals surface area contributed by atoms with Gasteiger partial charge in [0.1, 0.15) is 0 Å². The van der Waals surface area contributed by atoms with Crippen LogP contribution in [0.3, 0.4) is 0 Å². The van der Waals surface area contributed by atoms with Gasteiger partial charge in [-0.3, -0.25) is 9.59 Å². The number of carbonyl (C=O) groups excluding carboxylic acids is 2. The Morgan fingerprint density at radius 3 is 2.80 bits per heavy atom. The topological polar surface area (TPSA) is 49.4 Å². The Morgan fingerprint density at radius 2 is 2.10 bits per heavy atom. The lowest BCUT2D eigenvalue weighted by atomic mass is 9.86. The van der Waals surface area contributed by atoms with Crippen molar-refractivity contribution < 1.29 is 9.59 Å². The van der Waals surface area contributed by atoms with E-state index in [9.17, 15) is 9.59 Å². The standard InChI is InChI=1S/C16H26N2O2/c19-14-10-16(11-17-14)8-9-18(12-16)15(20)7-6-13-4-2-1-3-5-13/h13H,1-12H2,(H,17,19). The molecule has 4 nitrogen and oxygen atoms in total. The van der Waals surface area contributed by atoms with Crippen LogP contribution in [0.2, 0.25) is 0 Å². The fourth-order valence-corrected chi connectivity index (χ4v) is 4.15. The van der Waals surface area contributed by atoms with Gasteiger partial charge < -0.3 is 10.2 Å². The summed E-state index contributed by atoms with van der Waals surface area (Å²) in [6.07, 6.45) is 10.1. The van der Waals surface area contributed by atoms with Gasteiger partial charge in [0.2, 0.25) is 11.8 Å². The molecular formula is C16H26N2O2. The summed E-state index contributed by atoms with van der Waals surface area (Å²) in [6, 6.07) is 0. The Balaban J connectivity index is 1.45. The van der Waals surface area contributed by atoms with Gasteiger partial charge in [0.25, 0.3) is 0 Å². The number of rotatable bonds is 3. The first kappa shape index (κ1) is 13.9. The summed E-state index contributed by atoms with van der Waals surface area (Å²) in [5, 5.41) is 2.92. The van der Waals surface area contributed by atoms with Crippen molar-refractivity contribution in [3.8, 4) is 0 Å². The van der Waals surface area contributed by atoms with E-state index in [0.717, 1.165) is 38.4 Å². The summed E-state index contributed by atoms with van der Waals surface area (Å²) >= 11 is 0. The highest BCUT2D eigenvalue weighted by atomic mass is 16.2. The number of hydrogen-bond donors (Lipinski definition) is 1. The lowest BCUT2D eigenvalue weighted by molar-refractivity contribution is -0.131. The maximum atomic E-state index is 12.3. The van der Waals surface area contributed by atoms with Gasteiger partial charge >= 0.3 is 0 Å². The molecular weight excluding hydrogens is 252 g/mol. The van der Waals surface area contributed by atoms with E-state index in [2.05, 4.69) is 5.32 Å². The molecule has 2 heterocycles. The van der Waals surface area contributed by atoms with Gasteiger partial charge in [-0.1, -0.05) is 32.1 Å². The highest BCUT2D eigenvalue weighted by Crippen LogP contribution is 2.37. The largest absolute Gasteiger partial charge is 0.355 e. The Kier molecular flexibility index (Phi) is 3.99. The lowest BCUT2D eigenvalue weighted by Crippen LogP contribution is -2.33. The number of nitrogens with zero attached hydrogens (tertiary/aromatic N) is 1. The predicted octanol–water partition coefficient (Wildman–Crippen LogP) is 2.09.